The highest BCUT2D eigenvalue weighted by Gasteiger charge is 2.31. The third-order valence-electron chi connectivity index (χ3n) is 3.83. The lowest BCUT2D eigenvalue weighted by atomic mass is 9.76. The largest absolute Gasteiger partial charge is 0.379 e. The zero-order chi connectivity index (χ0) is 12.4. The van der Waals surface area contributed by atoms with E-state index in [1.807, 2.05) is 6.07 Å². The van der Waals surface area contributed by atoms with Gasteiger partial charge in [0.05, 0.1) is 13.2 Å². The van der Waals surface area contributed by atoms with Gasteiger partial charge in [0.25, 0.3) is 0 Å². The van der Waals surface area contributed by atoms with E-state index in [1.54, 1.807) is 12.1 Å². The zero-order valence-electron chi connectivity index (χ0n) is 10.4. The SMILES string of the molecule is Fc1cccc(C2CC(NN3CCOCC3)C2)c1. The molecule has 0 unspecified atom stereocenters. The number of nitrogens with one attached hydrogen (secondary N) is 1. The van der Waals surface area contributed by atoms with E-state index < -0.39 is 0 Å². The van der Waals surface area contributed by atoms with Crippen LogP contribution >= 0.6 is 0 Å². The Balaban J connectivity index is 1.48. The van der Waals surface area contributed by atoms with E-state index in [9.17, 15) is 4.39 Å². The smallest absolute Gasteiger partial charge is 0.123 e. The minimum absolute atomic E-state index is 0.128. The molecule has 1 aliphatic heterocycles. The molecule has 0 radical (unpaired) electrons. The molecule has 1 saturated carbocycles. The van der Waals surface area contributed by atoms with Crippen molar-refractivity contribution >= 4 is 0 Å². The highest BCUT2D eigenvalue weighted by atomic mass is 19.1. The van der Waals surface area contributed by atoms with Gasteiger partial charge in [0.15, 0.2) is 0 Å². The summed E-state index contributed by atoms with van der Waals surface area (Å²) in [6.45, 7) is 3.54. The summed E-state index contributed by atoms with van der Waals surface area (Å²) >= 11 is 0. The first-order valence-corrected chi connectivity index (χ1v) is 6.65. The van der Waals surface area contributed by atoms with E-state index in [0.29, 0.717) is 12.0 Å². The molecule has 0 aromatic heterocycles. The van der Waals surface area contributed by atoms with Gasteiger partial charge >= 0.3 is 0 Å². The maximum absolute atomic E-state index is 13.1. The number of halogens is 1. The summed E-state index contributed by atoms with van der Waals surface area (Å²) in [5.74, 6) is 0.385. The third-order valence-corrected chi connectivity index (χ3v) is 3.83. The minimum Gasteiger partial charge on any atom is -0.379 e. The molecule has 3 nitrogen and oxygen atoms in total. The monoisotopic (exact) mass is 250 g/mol. The molecule has 0 amide bonds. The van der Waals surface area contributed by atoms with Crippen LogP contribution in [0.3, 0.4) is 0 Å². The predicted octanol–water partition coefficient (Wildman–Crippen LogP) is 1.91. The third kappa shape index (κ3) is 2.71. The number of benzene rings is 1. The first-order valence-electron chi connectivity index (χ1n) is 6.65. The van der Waals surface area contributed by atoms with Crippen LogP contribution in [0.15, 0.2) is 24.3 Å². The Morgan fingerprint density at radius 1 is 1.22 bits per heavy atom. The summed E-state index contributed by atoms with van der Waals surface area (Å²) in [5.41, 5.74) is 4.66. The highest BCUT2D eigenvalue weighted by molar-refractivity contribution is 5.23. The van der Waals surface area contributed by atoms with Crippen LogP contribution in [0.5, 0.6) is 0 Å². The summed E-state index contributed by atoms with van der Waals surface area (Å²) in [4.78, 5) is 0. The number of morpholine rings is 1. The lowest BCUT2D eigenvalue weighted by molar-refractivity contribution is -0.00621. The van der Waals surface area contributed by atoms with Gasteiger partial charge < -0.3 is 4.74 Å². The van der Waals surface area contributed by atoms with Crippen LogP contribution in [0, 0.1) is 5.82 Å². The van der Waals surface area contributed by atoms with Gasteiger partial charge in [-0.15, -0.1) is 0 Å². The van der Waals surface area contributed by atoms with Crippen molar-refractivity contribution in [3.63, 3.8) is 0 Å². The van der Waals surface area contributed by atoms with E-state index in [4.69, 9.17) is 4.74 Å². The molecule has 0 bridgehead atoms. The van der Waals surface area contributed by atoms with Gasteiger partial charge in [-0.25, -0.2) is 9.40 Å². The van der Waals surface area contributed by atoms with Crippen molar-refractivity contribution in [2.24, 2.45) is 0 Å². The molecule has 0 spiro atoms. The topological polar surface area (TPSA) is 24.5 Å². The number of hydrazine groups is 1. The molecule has 2 aliphatic rings. The molecule has 1 N–H and O–H groups in total. The van der Waals surface area contributed by atoms with E-state index in [0.717, 1.165) is 44.7 Å². The predicted molar refractivity (Wildman–Crippen MR) is 67.7 cm³/mol. The summed E-state index contributed by atoms with van der Waals surface area (Å²) in [6, 6.07) is 7.53. The molecule has 1 aromatic rings. The highest BCUT2D eigenvalue weighted by Crippen LogP contribution is 2.37. The average Bonchev–Trinajstić information content (AvgIpc) is 2.34. The van der Waals surface area contributed by atoms with Crippen molar-refractivity contribution in [2.75, 3.05) is 26.3 Å². The van der Waals surface area contributed by atoms with Crippen LogP contribution in [0.4, 0.5) is 4.39 Å². The minimum atomic E-state index is -0.128. The molecule has 4 heteroatoms. The van der Waals surface area contributed by atoms with Crippen LogP contribution in [0.1, 0.15) is 24.3 Å². The standard InChI is InChI=1S/C14H19FN2O/c15-13-3-1-2-11(8-13)12-9-14(10-12)16-17-4-6-18-7-5-17/h1-3,8,12,14,16H,4-7,9-10H2. The molecule has 1 saturated heterocycles. The van der Waals surface area contributed by atoms with E-state index in [2.05, 4.69) is 10.4 Å². The summed E-state index contributed by atoms with van der Waals surface area (Å²) in [5, 5.41) is 2.25. The molecule has 1 aromatic carbocycles. The van der Waals surface area contributed by atoms with Crippen LogP contribution in [-0.2, 0) is 4.74 Å². The Kier molecular flexibility index (Phi) is 3.59. The van der Waals surface area contributed by atoms with Crippen molar-refractivity contribution in [3.05, 3.63) is 35.6 Å². The Morgan fingerprint density at radius 3 is 2.72 bits per heavy atom. The molecule has 2 fully saturated rings. The number of hydrogen-bond acceptors (Lipinski definition) is 3. The number of rotatable bonds is 3. The summed E-state index contributed by atoms with van der Waals surface area (Å²) in [7, 11) is 0. The molecule has 98 valence electrons. The lowest BCUT2D eigenvalue weighted by Gasteiger charge is -2.40. The molecule has 3 rings (SSSR count). The van der Waals surface area contributed by atoms with Gasteiger partial charge in [0.2, 0.25) is 0 Å². The molecule has 1 aliphatic carbocycles. The second kappa shape index (κ2) is 5.34. The molecular formula is C14H19FN2O. The molecule has 1 heterocycles. The second-order valence-electron chi connectivity index (χ2n) is 5.15. The maximum atomic E-state index is 13.1. The summed E-state index contributed by atoms with van der Waals surface area (Å²) < 4.78 is 18.4. The molecular weight excluding hydrogens is 231 g/mol. The van der Waals surface area contributed by atoms with Gasteiger partial charge in [0, 0.05) is 19.1 Å². The van der Waals surface area contributed by atoms with Crippen molar-refractivity contribution < 1.29 is 9.13 Å². The molecule has 18 heavy (non-hydrogen) atoms. The van der Waals surface area contributed by atoms with Crippen LogP contribution in [0.25, 0.3) is 0 Å². The van der Waals surface area contributed by atoms with Gasteiger partial charge in [0.1, 0.15) is 5.82 Å². The summed E-state index contributed by atoms with van der Waals surface area (Å²) in [6.07, 6.45) is 2.20. The van der Waals surface area contributed by atoms with Crippen LogP contribution < -0.4 is 5.43 Å². The van der Waals surface area contributed by atoms with Gasteiger partial charge in [-0.1, -0.05) is 12.1 Å². The maximum Gasteiger partial charge on any atom is 0.123 e. The van der Waals surface area contributed by atoms with Crippen molar-refractivity contribution in [3.8, 4) is 0 Å². The van der Waals surface area contributed by atoms with Crippen LogP contribution in [0.2, 0.25) is 0 Å². The Labute approximate surface area is 107 Å². The van der Waals surface area contributed by atoms with Gasteiger partial charge in [-0.2, -0.15) is 0 Å². The molecule has 0 atom stereocenters. The fourth-order valence-electron chi connectivity index (χ4n) is 2.71. The van der Waals surface area contributed by atoms with Crippen LogP contribution in [-0.4, -0.2) is 37.4 Å². The first kappa shape index (κ1) is 12.1. The Bertz CT molecular complexity index is 401. The fraction of sp³-hybridized carbons (Fsp3) is 0.571. The van der Waals surface area contributed by atoms with E-state index in [1.165, 1.54) is 6.07 Å². The number of nitrogens with zero attached hydrogens (tertiary/aromatic N) is 1. The number of ether oxygens (including phenoxy) is 1. The van der Waals surface area contributed by atoms with Gasteiger partial charge in [-0.05, 0) is 36.5 Å². The van der Waals surface area contributed by atoms with Crippen molar-refractivity contribution in [1.82, 2.24) is 10.4 Å². The number of hydrogen-bond donors (Lipinski definition) is 1. The zero-order valence-corrected chi connectivity index (χ0v) is 10.4. The van der Waals surface area contributed by atoms with Crippen molar-refractivity contribution in [1.29, 1.82) is 0 Å². The van der Waals surface area contributed by atoms with Crippen molar-refractivity contribution in [2.45, 2.75) is 24.8 Å². The van der Waals surface area contributed by atoms with Gasteiger partial charge in [-0.3, -0.25) is 5.43 Å². The Morgan fingerprint density at radius 2 is 2.00 bits per heavy atom. The quantitative estimate of drug-likeness (QED) is 0.887. The second-order valence-corrected chi connectivity index (χ2v) is 5.15. The lowest BCUT2D eigenvalue weighted by Crippen LogP contribution is -2.53. The fourth-order valence-corrected chi connectivity index (χ4v) is 2.71. The first-order chi connectivity index (χ1) is 8.81. The van der Waals surface area contributed by atoms with E-state index in [-0.39, 0.29) is 5.82 Å². The van der Waals surface area contributed by atoms with E-state index >= 15 is 0 Å². The normalized spacial score (nSPS) is 28.9. The Hall–Kier alpha value is -0.970. The average molecular weight is 250 g/mol.